The summed E-state index contributed by atoms with van der Waals surface area (Å²) in [6, 6.07) is 0. The third kappa shape index (κ3) is 4.52. The third-order valence-corrected chi connectivity index (χ3v) is 3.01. The summed E-state index contributed by atoms with van der Waals surface area (Å²) < 4.78 is 4.33. The summed E-state index contributed by atoms with van der Waals surface area (Å²) in [5.41, 5.74) is 0. The molecule has 2 rings (SSSR count). The van der Waals surface area contributed by atoms with E-state index in [0.717, 1.165) is 38.4 Å². The van der Waals surface area contributed by atoms with Crippen LogP contribution in [0.1, 0.15) is 26.1 Å². The van der Waals surface area contributed by atoms with Crippen molar-refractivity contribution in [1.29, 1.82) is 0 Å². The molecule has 0 spiro atoms. The van der Waals surface area contributed by atoms with E-state index in [2.05, 4.69) is 44.5 Å². The van der Waals surface area contributed by atoms with Gasteiger partial charge in [-0.2, -0.15) is 0 Å². The summed E-state index contributed by atoms with van der Waals surface area (Å²) in [6.45, 7) is 8.29. The van der Waals surface area contributed by atoms with Crippen LogP contribution in [0.4, 0.5) is 0 Å². The second-order valence-electron chi connectivity index (χ2n) is 5.22. The first-order valence-electron chi connectivity index (χ1n) is 6.92. The van der Waals surface area contributed by atoms with Gasteiger partial charge in [-0.1, -0.05) is 13.8 Å². The van der Waals surface area contributed by atoms with Crippen LogP contribution < -0.4 is 5.32 Å². The van der Waals surface area contributed by atoms with E-state index in [-0.39, 0.29) is 0 Å². The molecule has 19 heavy (non-hydrogen) atoms. The van der Waals surface area contributed by atoms with Crippen LogP contribution in [0.3, 0.4) is 0 Å². The zero-order chi connectivity index (χ0) is 13.5. The predicted molar refractivity (Wildman–Crippen MR) is 75.6 cm³/mol. The fraction of sp³-hybridized carbons (Fsp3) is 0.571. The van der Waals surface area contributed by atoms with E-state index in [0.29, 0.717) is 5.92 Å². The Labute approximate surface area is 114 Å². The average molecular weight is 261 g/mol. The molecule has 0 fully saturated rings. The molecule has 0 aliphatic carbocycles. The van der Waals surface area contributed by atoms with Gasteiger partial charge in [0.2, 0.25) is 0 Å². The van der Waals surface area contributed by atoms with Crippen molar-refractivity contribution in [3.05, 3.63) is 36.9 Å². The number of nitrogens with zero attached hydrogens (tertiary/aromatic N) is 4. The fourth-order valence-corrected chi connectivity index (χ4v) is 2.03. The molecular formula is C14H23N5. The lowest BCUT2D eigenvalue weighted by Crippen LogP contribution is -2.21. The minimum Gasteiger partial charge on any atom is -0.337 e. The van der Waals surface area contributed by atoms with Gasteiger partial charge in [-0.3, -0.25) is 0 Å². The maximum absolute atomic E-state index is 4.41. The van der Waals surface area contributed by atoms with E-state index in [1.54, 1.807) is 0 Å². The van der Waals surface area contributed by atoms with E-state index >= 15 is 0 Å². The van der Waals surface area contributed by atoms with Gasteiger partial charge in [-0.15, -0.1) is 0 Å². The Balaban J connectivity index is 1.75. The van der Waals surface area contributed by atoms with Crippen molar-refractivity contribution >= 4 is 0 Å². The molecule has 5 heteroatoms. The highest BCUT2D eigenvalue weighted by Gasteiger charge is 2.02. The Morgan fingerprint density at radius 3 is 2.84 bits per heavy atom. The number of hydrogen-bond donors (Lipinski definition) is 1. The molecule has 0 bridgehead atoms. The third-order valence-electron chi connectivity index (χ3n) is 3.01. The number of hydrogen-bond acceptors (Lipinski definition) is 3. The van der Waals surface area contributed by atoms with Gasteiger partial charge in [0.25, 0.3) is 0 Å². The van der Waals surface area contributed by atoms with Gasteiger partial charge in [0.15, 0.2) is 0 Å². The quantitative estimate of drug-likeness (QED) is 0.789. The molecule has 0 amide bonds. The Kier molecular flexibility index (Phi) is 5.15. The van der Waals surface area contributed by atoms with Crippen LogP contribution in [0, 0.1) is 5.92 Å². The van der Waals surface area contributed by atoms with Crippen molar-refractivity contribution in [3.8, 4) is 0 Å². The Bertz CT molecular complexity index is 458. The largest absolute Gasteiger partial charge is 0.337 e. The van der Waals surface area contributed by atoms with E-state index in [1.807, 2.05) is 24.9 Å². The van der Waals surface area contributed by atoms with Crippen LogP contribution in [-0.4, -0.2) is 25.6 Å². The summed E-state index contributed by atoms with van der Waals surface area (Å²) in [5.74, 6) is 1.79. The number of imidazole rings is 2. The Hall–Kier alpha value is -1.62. The van der Waals surface area contributed by atoms with Crippen molar-refractivity contribution in [1.82, 2.24) is 24.4 Å². The highest BCUT2D eigenvalue weighted by molar-refractivity contribution is 4.92. The van der Waals surface area contributed by atoms with Gasteiger partial charge >= 0.3 is 0 Å². The highest BCUT2D eigenvalue weighted by atomic mass is 15.1. The second-order valence-corrected chi connectivity index (χ2v) is 5.22. The summed E-state index contributed by atoms with van der Waals surface area (Å²) in [7, 11) is 0. The van der Waals surface area contributed by atoms with Crippen molar-refractivity contribution < 1.29 is 0 Å². The Morgan fingerprint density at radius 1 is 1.21 bits per heavy atom. The Morgan fingerprint density at radius 2 is 2.11 bits per heavy atom. The zero-order valence-electron chi connectivity index (χ0n) is 11.8. The highest BCUT2D eigenvalue weighted by Crippen LogP contribution is 2.01. The van der Waals surface area contributed by atoms with Crippen molar-refractivity contribution in [3.63, 3.8) is 0 Å². The van der Waals surface area contributed by atoms with Gasteiger partial charge in [0.1, 0.15) is 5.82 Å². The lowest BCUT2D eigenvalue weighted by Gasteiger charge is -2.10. The van der Waals surface area contributed by atoms with Crippen LogP contribution in [-0.2, 0) is 19.6 Å². The lowest BCUT2D eigenvalue weighted by molar-refractivity contribution is 0.509. The molecule has 2 aromatic rings. The van der Waals surface area contributed by atoms with E-state index in [1.165, 1.54) is 0 Å². The molecule has 0 radical (unpaired) electrons. The number of nitrogens with one attached hydrogen (secondary N) is 1. The smallest absolute Gasteiger partial charge is 0.122 e. The summed E-state index contributed by atoms with van der Waals surface area (Å²) in [5, 5.41) is 3.43. The van der Waals surface area contributed by atoms with Crippen molar-refractivity contribution in [2.45, 2.75) is 39.9 Å². The summed E-state index contributed by atoms with van der Waals surface area (Å²) in [6.07, 6.45) is 10.7. The van der Waals surface area contributed by atoms with Crippen LogP contribution in [0.5, 0.6) is 0 Å². The molecule has 2 aromatic heterocycles. The topological polar surface area (TPSA) is 47.7 Å². The predicted octanol–water partition coefficient (Wildman–Crippen LogP) is 1.92. The van der Waals surface area contributed by atoms with E-state index in [9.17, 15) is 0 Å². The number of rotatable bonds is 8. The van der Waals surface area contributed by atoms with Crippen LogP contribution in [0.2, 0.25) is 0 Å². The van der Waals surface area contributed by atoms with Gasteiger partial charge in [0, 0.05) is 37.9 Å². The van der Waals surface area contributed by atoms with Crippen molar-refractivity contribution in [2.24, 2.45) is 5.92 Å². The molecule has 0 saturated carbocycles. The lowest BCUT2D eigenvalue weighted by atomic mass is 10.2. The SMILES string of the molecule is CC(C)CNCc1nccn1CCCn1ccnc1. The molecule has 0 atom stereocenters. The minimum atomic E-state index is 0.671. The van der Waals surface area contributed by atoms with E-state index in [4.69, 9.17) is 0 Å². The maximum atomic E-state index is 4.41. The molecule has 1 N–H and O–H groups in total. The summed E-state index contributed by atoms with van der Waals surface area (Å²) in [4.78, 5) is 8.46. The van der Waals surface area contributed by atoms with Gasteiger partial charge in [-0.05, 0) is 18.9 Å². The van der Waals surface area contributed by atoms with E-state index < -0.39 is 0 Å². The number of aryl methyl sites for hydroxylation is 2. The standard InChI is InChI=1S/C14H23N5/c1-13(2)10-16-11-14-17-5-9-19(14)7-3-6-18-8-4-15-12-18/h4-5,8-9,12-13,16H,3,6-7,10-11H2,1-2H3. The van der Waals surface area contributed by atoms with Crippen LogP contribution >= 0.6 is 0 Å². The molecule has 2 heterocycles. The summed E-state index contributed by atoms with van der Waals surface area (Å²) >= 11 is 0. The first-order chi connectivity index (χ1) is 9.25. The maximum Gasteiger partial charge on any atom is 0.122 e. The molecule has 0 aliphatic heterocycles. The average Bonchev–Trinajstić information content (AvgIpc) is 3.01. The monoisotopic (exact) mass is 261 g/mol. The van der Waals surface area contributed by atoms with Gasteiger partial charge < -0.3 is 14.5 Å². The number of aromatic nitrogens is 4. The molecule has 5 nitrogen and oxygen atoms in total. The second kappa shape index (κ2) is 7.09. The van der Waals surface area contributed by atoms with Crippen LogP contribution in [0.15, 0.2) is 31.1 Å². The molecule has 0 aliphatic rings. The first kappa shape index (κ1) is 13.8. The zero-order valence-corrected chi connectivity index (χ0v) is 11.8. The minimum absolute atomic E-state index is 0.671. The fourth-order valence-electron chi connectivity index (χ4n) is 2.03. The molecule has 104 valence electrons. The molecule has 0 saturated heterocycles. The molecule has 0 unspecified atom stereocenters. The van der Waals surface area contributed by atoms with Crippen LogP contribution in [0.25, 0.3) is 0 Å². The van der Waals surface area contributed by atoms with Gasteiger partial charge in [-0.25, -0.2) is 9.97 Å². The molecular weight excluding hydrogens is 238 g/mol. The van der Waals surface area contributed by atoms with Gasteiger partial charge in [0.05, 0.1) is 12.9 Å². The molecule has 0 aromatic carbocycles. The van der Waals surface area contributed by atoms with Crippen molar-refractivity contribution in [2.75, 3.05) is 6.54 Å². The normalized spacial score (nSPS) is 11.3. The first-order valence-corrected chi connectivity index (χ1v) is 6.92.